The molecule has 2 aromatic rings. The summed E-state index contributed by atoms with van der Waals surface area (Å²) >= 11 is 0. The smallest absolute Gasteiger partial charge is 0.245 e. The van der Waals surface area contributed by atoms with E-state index in [0.29, 0.717) is 29.4 Å². The quantitative estimate of drug-likeness (QED) is 0.873. The van der Waals surface area contributed by atoms with Gasteiger partial charge in [-0.2, -0.15) is 4.98 Å². The molecule has 3 rings (SSSR count). The summed E-state index contributed by atoms with van der Waals surface area (Å²) in [6, 6.07) is 1.09. The molecule has 1 atom stereocenters. The van der Waals surface area contributed by atoms with Gasteiger partial charge in [-0.3, -0.25) is 9.47 Å². The Morgan fingerprint density at radius 2 is 2.25 bits per heavy atom. The molecular formula is C13H20N6O. The van der Waals surface area contributed by atoms with Crippen molar-refractivity contribution in [3.63, 3.8) is 0 Å². The molecule has 1 unspecified atom stereocenters. The molecule has 1 fully saturated rings. The highest BCUT2D eigenvalue weighted by Gasteiger charge is 2.29. The van der Waals surface area contributed by atoms with Crippen molar-refractivity contribution in [1.82, 2.24) is 24.4 Å². The third kappa shape index (κ3) is 2.18. The normalized spacial score (nSPS) is 16.8. The first-order chi connectivity index (χ1) is 9.61. The van der Waals surface area contributed by atoms with Crippen molar-refractivity contribution >= 4 is 17.1 Å². The second-order valence-electron chi connectivity index (χ2n) is 5.38. The van der Waals surface area contributed by atoms with Crippen LogP contribution >= 0.6 is 0 Å². The molecule has 0 aliphatic heterocycles. The van der Waals surface area contributed by atoms with E-state index >= 15 is 0 Å². The average molecular weight is 276 g/mol. The number of anilines is 1. The Morgan fingerprint density at radius 1 is 1.50 bits per heavy atom. The second-order valence-corrected chi connectivity index (χ2v) is 5.38. The zero-order valence-electron chi connectivity index (χ0n) is 12.1. The monoisotopic (exact) mass is 276 g/mol. The largest absolute Gasteiger partial charge is 0.479 e. The lowest BCUT2D eigenvalue weighted by molar-refractivity contribution is 0.227. The van der Waals surface area contributed by atoms with Gasteiger partial charge in [-0.25, -0.2) is 9.97 Å². The van der Waals surface area contributed by atoms with Crippen molar-refractivity contribution < 1.29 is 4.74 Å². The molecule has 0 aromatic carbocycles. The number of hydrogen-bond donors (Lipinski definition) is 1. The molecule has 7 heteroatoms. The van der Waals surface area contributed by atoms with Crippen LogP contribution in [0.25, 0.3) is 11.2 Å². The molecule has 2 heterocycles. The lowest BCUT2D eigenvalue weighted by Crippen LogP contribution is -2.34. The van der Waals surface area contributed by atoms with E-state index in [0.717, 1.165) is 12.2 Å². The third-order valence-corrected chi connectivity index (χ3v) is 3.99. The fourth-order valence-corrected chi connectivity index (χ4v) is 2.50. The summed E-state index contributed by atoms with van der Waals surface area (Å²) in [6.45, 7) is 2.96. The van der Waals surface area contributed by atoms with E-state index in [-0.39, 0.29) is 0 Å². The van der Waals surface area contributed by atoms with Gasteiger partial charge in [0.15, 0.2) is 11.2 Å². The summed E-state index contributed by atoms with van der Waals surface area (Å²) in [5, 5.41) is 0. The SMILES string of the molecule is COc1ncnc2c1nc(N)n2CC(C)N(C)C1CC1. The molecule has 0 bridgehead atoms. The van der Waals surface area contributed by atoms with Crippen LogP contribution < -0.4 is 10.5 Å². The van der Waals surface area contributed by atoms with E-state index in [1.54, 1.807) is 7.11 Å². The number of aromatic nitrogens is 4. The molecule has 1 aliphatic carbocycles. The fraction of sp³-hybridized carbons (Fsp3) is 0.615. The molecule has 2 N–H and O–H groups in total. The van der Waals surface area contributed by atoms with Crippen LogP contribution in [0.5, 0.6) is 5.88 Å². The van der Waals surface area contributed by atoms with Gasteiger partial charge in [0.2, 0.25) is 11.8 Å². The number of hydrogen-bond acceptors (Lipinski definition) is 6. The number of ether oxygens (including phenoxy) is 1. The Morgan fingerprint density at radius 3 is 2.90 bits per heavy atom. The summed E-state index contributed by atoms with van der Waals surface area (Å²) in [4.78, 5) is 15.1. The number of likely N-dealkylation sites (N-methyl/N-ethyl adjacent to an activating group) is 1. The number of nitrogens with two attached hydrogens (primary N) is 1. The fourth-order valence-electron chi connectivity index (χ4n) is 2.50. The first-order valence-corrected chi connectivity index (χ1v) is 6.84. The van der Waals surface area contributed by atoms with Crippen molar-refractivity contribution in [1.29, 1.82) is 0 Å². The van der Waals surface area contributed by atoms with E-state index in [9.17, 15) is 0 Å². The van der Waals surface area contributed by atoms with Crippen LogP contribution in [0.1, 0.15) is 19.8 Å². The summed E-state index contributed by atoms with van der Waals surface area (Å²) in [5.41, 5.74) is 7.37. The molecule has 1 aliphatic rings. The van der Waals surface area contributed by atoms with Crippen LogP contribution in [0.15, 0.2) is 6.33 Å². The number of rotatable bonds is 5. The van der Waals surface area contributed by atoms with Crippen LogP contribution in [0.2, 0.25) is 0 Å². The van der Waals surface area contributed by atoms with Gasteiger partial charge >= 0.3 is 0 Å². The van der Waals surface area contributed by atoms with Crippen LogP contribution in [0, 0.1) is 0 Å². The summed E-state index contributed by atoms with van der Waals surface area (Å²) in [7, 11) is 3.73. The van der Waals surface area contributed by atoms with Crippen molar-refractivity contribution in [2.75, 3.05) is 19.9 Å². The zero-order valence-corrected chi connectivity index (χ0v) is 12.1. The molecule has 20 heavy (non-hydrogen) atoms. The number of fused-ring (bicyclic) bond motifs is 1. The number of nitrogen functional groups attached to an aromatic ring is 1. The molecule has 0 radical (unpaired) electrons. The van der Waals surface area contributed by atoms with Gasteiger partial charge in [-0.1, -0.05) is 0 Å². The van der Waals surface area contributed by atoms with E-state index in [4.69, 9.17) is 10.5 Å². The standard InChI is InChI=1S/C13H20N6O/c1-8(18(2)9-4-5-9)6-19-11-10(17-13(19)14)12(20-3)16-7-15-11/h7-9H,4-6H2,1-3H3,(H2,14,17). The van der Waals surface area contributed by atoms with Gasteiger partial charge in [0.1, 0.15) is 6.33 Å². The van der Waals surface area contributed by atoms with Crippen molar-refractivity contribution in [2.45, 2.75) is 38.4 Å². The maximum atomic E-state index is 6.03. The van der Waals surface area contributed by atoms with Crippen LogP contribution in [0.3, 0.4) is 0 Å². The Labute approximate surface area is 117 Å². The molecule has 2 aromatic heterocycles. The van der Waals surface area contributed by atoms with Gasteiger partial charge in [-0.15, -0.1) is 0 Å². The minimum atomic E-state index is 0.378. The Hall–Kier alpha value is -1.89. The van der Waals surface area contributed by atoms with E-state index in [1.807, 2.05) is 4.57 Å². The lowest BCUT2D eigenvalue weighted by Gasteiger charge is -2.25. The maximum Gasteiger partial charge on any atom is 0.245 e. The van der Waals surface area contributed by atoms with Gasteiger partial charge < -0.3 is 10.5 Å². The van der Waals surface area contributed by atoms with Crippen LogP contribution in [-0.2, 0) is 6.54 Å². The Bertz CT molecular complexity index is 621. The van der Waals surface area contributed by atoms with Crippen molar-refractivity contribution in [3.05, 3.63) is 6.33 Å². The Balaban J connectivity index is 1.92. The maximum absolute atomic E-state index is 6.03. The van der Waals surface area contributed by atoms with Crippen LogP contribution in [0.4, 0.5) is 5.95 Å². The number of nitrogens with zero attached hydrogens (tertiary/aromatic N) is 5. The van der Waals surface area contributed by atoms with Crippen molar-refractivity contribution in [2.24, 2.45) is 0 Å². The summed E-state index contributed by atoms with van der Waals surface area (Å²) in [6.07, 6.45) is 4.06. The van der Waals surface area contributed by atoms with E-state index < -0.39 is 0 Å². The molecule has 0 spiro atoms. The minimum Gasteiger partial charge on any atom is -0.479 e. The van der Waals surface area contributed by atoms with E-state index in [2.05, 4.69) is 33.8 Å². The van der Waals surface area contributed by atoms with E-state index in [1.165, 1.54) is 19.2 Å². The molecule has 0 amide bonds. The van der Waals surface area contributed by atoms with Gasteiger partial charge in [-0.05, 0) is 26.8 Å². The van der Waals surface area contributed by atoms with Crippen molar-refractivity contribution in [3.8, 4) is 5.88 Å². The molecule has 7 nitrogen and oxygen atoms in total. The summed E-state index contributed by atoms with van der Waals surface area (Å²) in [5.74, 6) is 0.915. The topological polar surface area (TPSA) is 82.1 Å². The van der Waals surface area contributed by atoms with Gasteiger partial charge in [0.05, 0.1) is 7.11 Å². The Kier molecular flexibility index (Phi) is 3.21. The highest BCUT2D eigenvalue weighted by molar-refractivity contribution is 5.78. The average Bonchev–Trinajstić information content (AvgIpc) is 3.24. The highest BCUT2D eigenvalue weighted by Crippen LogP contribution is 2.28. The summed E-state index contributed by atoms with van der Waals surface area (Å²) < 4.78 is 7.14. The number of imidazole rings is 1. The van der Waals surface area contributed by atoms with Gasteiger partial charge in [0.25, 0.3) is 0 Å². The first kappa shape index (κ1) is 13.1. The number of methoxy groups -OCH3 is 1. The molecular weight excluding hydrogens is 256 g/mol. The first-order valence-electron chi connectivity index (χ1n) is 6.84. The predicted molar refractivity (Wildman–Crippen MR) is 76.5 cm³/mol. The molecule has 0 saturated heterocycles. The highest BCUT2D eigenvalue weighted by atomic mass is 16.5. The predicted octanol–water partition coefficient (Wildman–Crippen LogP) is 0.900. The van der Waals surface area contributed by atoms with Gasteiger partial charge in [0, 0.05) is 18.6 Å². The third-order valence-electron chi connectivity index (χ3n) is 3.99. The molecule has 108 valence electrons. The minimum absolute atomic E-state index is 0.378. The lowest BCUT2D eigenvalue weighted by atomic mass is 10.3. The molecule has 1 saturated carbocycles. The zero-order chi connectivity index (χ0) is 14.3. The van der Waals surface area contributed by atoms with Crippen LogP contribution in [-0.4, -0.2) is 50.7 Å². The second kappa shape index (κ2) is 4.90.